The van der Waals surface area contributed by atoms with Gasteiger partial charge in [-0.25, -0.2) is 13.2 Å². The Morgan fingerprint density at radius 1 is 1.19 bits per heavy atom. The molecule has 2 saturated carbocycles. The quantitative estimate of drug-likeness (QED) is 0.620. The fourth-order valence-electron chi connectivity index (χ4n) is 4.75. The van der Waals surface area contributed by atoms with Gasteiger partial charge in [-0.05, 0) is 63.5 Å². The second-order valence-electron chi connectivity index (χ2n) is 9.12. The maximum atomic E-state index is 13.0. The van der Waals surface area contributed by atoms with E-state index in [0.29, 0.717) is 30.6 Å². The number of carbonyl (C=O) groups is 1. The van der Waals surface area contributed by atoms with Gasteiger partial charge in [-0.1, -0.05) is 0 Å². The van der Waals surface area contributed by atoms with Crippen LogP contribution < -0.4 is 5.76 Å². The van der Waals surface area contributed by atoms with Gasteiger partial charge in [-0.2, -0.15) is 4.31 Å². The summed E-state index contributed by atoms with van der Waals surface area (Å²) >= 11 is 0. The summed E-state index contributed by atoms with van der Waals surface area (Å²) in [7, 11) is -3.58. The number of carbonyl (C=O) groups excluding carboxylic acids is 1. The van der Waals surface area contributed by atoms with Gasteiger partial charge in [0.05, 0.1) is 10.4 Å². The number of oxazole rings is 1. The van der Waals surface area contributed by atoms with Crippen molar-refractivity contribution < 1.29 is 17.6 Å². The van der Waals surface area contributed by atoms with E-state index in [2.05, 4.69) is 6.92 Å². The molecule has 2 aromatic rings. The zero-order valence-electron chi connectivity index (χ0n) is 17.8. The van der Waals surface area contributed by atoms with Crippen LogP contribution in [0.3, 0.4) is 0 Å². The predicted molar refractivity (Wildman–Crippen MR) is 115 cm³/mol. The summed E-state index contributed by atoms with van der Waals surface area (Å²) < 4.78 is 33.9. The van der Waals surface area contributed by atoms with Crippen LogP contribution in [0.25, 0.3) is 11.1 Å². The van der Waals surface area contributed by atoms with Gasteiger partial charge >= 0.3 is 5.76 Å². The smallest absolute Gasteiger partial charge is 0.408 e. The Morgan fingerprint density at radius 2 is 1.90 bits per heavy atom. The third-order valence-corrected chi connectivity index (χ3v) is 8.76. The lowest BCUT2D eigenvalue weighted by Gasteiger charge is -2.29. The van der Waals surface area contributed by atoms with Crippen molar-refractivity contribution in [3.05, 3.63) is 28.7 Å². The van der Waals surface area contributed by atoms with E-state index in [0.717, 1.165) is 25.7 Å². The first kappa shape index (κ1) is 20.8. The number of aromatic nitrogens is 1. The monoisotopic (exact) mass is 447 g/mol. The highest BCUT2D eigenvalue weighted by Crippen LogP contribution is 2.40. The Bertz CT molecular complexity index is 1150. The summed E-state index contributed by atoms with van der Waals surface area (Å²) in [5.41, 5.74) is 0.759. The first-order valence-corrected chi connectivity index (χ1v) is 12.7. The average molecular weight is 448 g/mol. The normalized spacial score (nSPS) is 20.9. The van der Waals surface area contributed by atoms with Gasteiger partial charge in [0.25, 0.3) is 0 Å². The SMILES string of the molecule is CC(C1CC1)N(C(=O)CCn1c(=O)oc2cc(S(=O)(=O)N3CCCC3)ccc21)C1CC1. The van der Waals surface area contributed by atoms with Crippen LogP contribution in [0.5, 0.6) is 0 Å². The molecule has 0 bridgehead atoms. The van der Waals surface area contributed by atoms with E-state index in [1.807, 2.05) is 4.90 Å². The molecule has 2 aliphatic carbocycles. The van der Waals surface area contributed by atoms with Crippen LogP contribution in [0.4, 0.5) is 0 Å². The van der Waals surface area contributed by atoms with E-state index < -0.39 is 15.8 Å². The molecule has 0 N–H and O–H groups in total. The number of amides is 1. The van der Waals surface area contributed by atoms with Gasteiger partial charge in [0, 0.05) is 44.2 Å². The molecule has 1 saturated heterocycles. The number of hydrogen-bond acceptors (Lipinski definition) is 5. The van der Waals surface area contributed by atoms with Crippen molar-refractivity contribution >= 4 is 27.0 Å². The number of benzene rings is 1. The second kappa shape index (κ2) is 7.78. The number of aryl methyl sites for hydroxylation is 1. The molecule has 3 fully saturated rings. The summed E-state index contributed by atoms with van der Waals surface area (Å²) in [6, 6.07) is 5.16. The predicted octanol–water partition coefficient (Wildman–Crippen LogP) is 2.56. The van der Waals surface area contributed by atoms with Gasteiger partial charge in [0.1, 0.15) is 0 Å². The van der Waals surface area contributed by atoms with E-state index in [-0.39, 0.29) is 35.4 Å². The van der Waals surface area contributed by atoms with Crippen LogP contribution in [-0.4, -0.2) is 53.3 Å². The Kier molecular flexibility index (Phi) is 5.21. The van der Waals surface area contributed by atoms with Gasteiger partial charge in [-0.3, -0.25) is 9.36 Å². The Hall–Kier alpha value is -2.13. The fourth-order valence-corrected chi connectivity index (χ4v) is 6.29. The molecule has 1 aromatic heterocycles. The molecule has 168 valence electrons. The molecule has 5 rings (SSSR count). The summed E-state index contributed by atoms with van der Waals surface area (Å²) in [5.74, 6) is 0.126. The van der Waals surface area contributed by atoms with Crippen LogP contribution in [0, 0.1) is 5.92 Å². The first-order valence-electron chi connectivity index (χ1n) is 11.3. The van der Waals surface area contributed by atoms with Crippen molar-refractivity contribution in [3.63, 3.8) is 0 Å². The molecule has 9 heteroatoms. The van der Waals surface area contributed by atoms with Crippen molar-refractivity contribution in [3.8, 4) is 0 Å². The van der Waals surface area contributed by atoms with E-state index in [1.165, 1.54) is 33.8 Å². The minimum Gasteiger partial charge on any atom is -0.408 e. The molecule has 1 aliphatic heterocycles. The molecular weight excluding hydrogens is 418 g/mol. The number of rotatable bonds is 8. The number of fused-ring (bicyclic) bond motifs is 1. The summed E-state index contributed by atoms with van der Waals surface area (Å²) in [5, 5.41) is 0. The van der Waals surface area contributed by atoms with Crippen LogP contribution in [-0.2, 0) is 21.4 Å². The maximum absolute atomic E-state index is 13.0. The van der Waals surface area contributed by atoms with E-state index in [9.17, 15) is 18.0 Å². The molecule has 0 spiro atoms. The molecule has 31 heavy (non-hydrogen) atoms. The average Bonchev–Trinajstić information content (AvgIpc) is 3.66. The number of hydrogen-bond donors (Lipinski definition) is 0. The van der Waals surface area contributed by atoms with Crippen LogP contribution >= 0.6 is 0 Å². The topological polar surface area (TPSA) is 92.8 Å². The van der Waals surface area contributed by atoms with Gasteiger partial charge < -0.3 is 9.32 Å². The van der Waals surface area contributed by atoms with E-state index >= 15 is 0 Å². The lowest BCUT2D eigenvalue weighted by Crippen LogP contribution is -2.42. The Morgan fingerprint density at radius 3 is 2.55 bits per heavy atom. The summed E-state index contributed by atoms with van der Waals surface area (Å²) in [6.07, 6.45) is 6.45. The van der Waals surface area contributed by atoms with Gasteiger partial charge in [0.15, 0.2) is 5.58 Å². The minimum absolute atomic E-state index is 0.0800. The van der Waals surface area contributed by atoms with Gasteiger partial charge in [0.2, 0.25) is 15.9 Å². The maximum Gasteiger partial charge on any atom is 0.419 e. The fraction of sp³-hybridized carbons (Fsp3) is 0.636. The highest BCUT2D eigenvalue weighted by molar-refractivity contribution is 7.89. The lowest BCUT2D eigenvalue weighted by molar-refractivity contribution is -0.134. The standard InChI is InChI=1S/C22H29N3O5S/c1-15(16-4-5-16)25(17-6-7-17)21(26)10-13-24-19-9-8-18(14-20(19)30-22(24)27)31(28,29)23-11-2-3-12-23/h8-9,14-17H,2-7,10-13H2,1H3. The van der Waals surface area contributed by atoms with Crippen molar-refractivity contribution in [2.75, 3.05) is 13.1 Å². The van der Waals surface area contributed by atoms with Crippen molar-refractivity contribution in [1.82, 2.24) is 13.8 Å². The zero-order chi connectivity index (χ0) is 21.8. The molecular formula is C22H29N3O5S. The van der Waals surface area contributed by atoms with Crippen molar-refractivity contribution in [2.45, 2.75) is 75.4 Å². The first-order chi connectivity index (χ1) is 14.9. The molecule has 2 heterocycles. The molecule has 1 atom stereocenters. The molecule has 3 aliphatic rings. The number of sulfonamides is 1. The number of nitrogens with zero attached hydrogens (tertiary/aromatic N) is 3. The van der Waals surface area contributed by atoms with Crippen molar-refractivity contribution in [1.29, 1.82) is 0 Å². The molecule has 1 unspecified atom stereocenters. The van der Waals surface area contributed by atoms with Crippen LogP contribution in [0.1, 0.15) is 51.9 Å². The second-order valence-corrected chi connectivity index (χ2v) is 11.1. The molecule has 8 nitrogen and oxygen atoms in total. The molecule has 0 radical (unpaired) electrons. The third kappa shape index (κ3) is 3.93. The molecule has 1 amide bonds. The van der Waals surface area contributed by atoms with Crippen molar-refractivity contribution in [2.24, 2.45) is 5.92 Å². The Labute approximate surface area is 181 Å². The highest BCUT2D eigenvalue weighted by Gasteiger charge is 2.41. The van der Waals surface area contributed by atoms with E-state index in [4.69, 9.17) is 4.42 Å². The zero-order valence-corrected chi connectivity index (χ0v) is 18.6. The third-order valence-electron chi connectivity index (χ3n) is 6.86. The summed E-state index contributed by atoms with van der Waals surface area (Å²) in [6.45, 7) is 3.40. The van der Waals surface area contributed by atoms with Gasteiger partial charge in [-0.15, -0.1) is 0 Å². The lowest BCUT2D eigenvalue weighted by atomic mass is 10.1. The Balaban J connectivity index is 1.35. The molecule has 1 aromatic carbocycles. The largest absolute Gasteiger partial charge is 0.419 e. The minimum atomic E-state index is -3.58. The van der Waals surface area contributed by atoms with E-state index in [1.54, 1.807) is 6.07 Å². The van der Waals surface area contributed by atoms with Crippen LogP contribution in [0.15, 0.2) is 32.3 Å². The van der Waals surface area contributed by atoms with Crippen LogP contribution in [0.2, 0.25) is 0 Å². The summed E-state index contributed by atoms with van der Waals surface area (Å²) in [4.78, 5) is 27.6. The highest BCUT2D eigenvalue weighted by atomic mass is 32.2.